The summed E-state index contributed by atoms with van der Waals surface area (Å²) in [5.41, 5.74) is 0. The molecule has 1 fully saturated rings. The minimum atomic E-state index is -1.07. The van der Waals surface area contributed by atoms with Crippen molar-refractivity contribution in [2.24, 2.45) is 5.92 Å². The van der Waals surface area contributed by atoms with Crippen LogP contribution in [0, 0.1) is 5.92 Å². The predicted octanol–water partition coefficient (Wildman–Crippen LogP) is 2.05. The molecule has 0 spiro atoms. The van der Waals surface area contributed by atoms with Crippen molar-refractivity contribution < 1.29 is 14.7 Å². The van der Waals surface area contributed by atoms with E-state index in [4.69, 9.17) is 5.11 Å². The number of nitrogens with zero attached hydrogens (tertiary/aromatic N) is 1. The summed E-state index contributed by atoms with van der Waals surface area (Å²) in [6.07, 6.45) is 6.50. The maximum absolute atomic E-state index is 11.9. The molecule has 0 aromatic heterocycles. The molecule has 1 amide bonds. The van der Waals surface area contributed by atoms with Gasteiger partial charge in [0.15, 0.2) is 0 Å². The zero-order chi connectivity index (χ0) is 12.8. The molecule has 0 aromatic rings. The van der Waals surface area contributed by atoms with Crippen molar-refractivity contribution in [3.05, 3.63) is 12.2 Å². The van der Waals surface area contributed by atoms with E-state index >= 15 is 0 Å². The molecule has 1 N–H and O–H groups in total. The predicted molar refractivity (Wildman–Crippen MR) is 65.6 cm³/mol. The maximum Gasteiger partial charge on any atom is 0.328 e. The van der Waals surface area contributed by atoms with Crippen LogP contribution >= 0.6 is 0 Å². The molecule has 0 unspecified atom stereocenters. The molecule has 0 saturated heterocycles. The van der Waals surface area contributed by atoms with Gasteiger partial charge in [0.1, 0.15) is 0 Å². The Hall–Kier alpha value is -1.32. The molecular formula is C13H21NO3. The van der Waals surface area contributed by atoms with Crippen LogP contribution in [0.5, 0.6) is 0 Å². The van der Waals surface area contributed by atoms with Gasteiger partial charge >= 0.3 is 5.97 Å². The molecule has 0 radical (unpaired) electrons. The number of hydrogen-bond donors (Lipinski definition) is 1. The Balaban J connectivity index is 2.67. The molecule has 4 heteroatoms. The van der Waals surface area contributed by atoms with Gasteiger partial charge in [0, 0.05) is 24.7 Å². The van der Waals surface area contributed by atoms with Crippen molar-refractivity contribution in [3.63, 3.8) is 0 Å². The number of rotatable bonds is 5. The average molecular weight is 239 g/mol. The van der Waals surface area contributed by atoms with Gasteiger partial charge in [-0.2, -0.15) is 0 Å². The van der Waals surface area contributed by atoms with Gasteiger partial charge in [0.05, 0.1) is 0 Å². The van der Waals surface area contributed by atoms with Crippen LogP contribution in [0.2, 0.25) is 0 Å². The fraction of sp³-hybridized carbons (Fsp3) is 0.692. The van der Waals surface area contributed by atoms with Crippen LogP contribution in [0.3, 0.4) is 0 Å². The van der Waals surface area contributed by atoms with Crippen molar-refractivity contribution in [1.29, 1.82) is 0 Å². The number of carboxylic acids is 1. The first kappa shape index (κ1) is 13.7. The highest BCUT2D eigenvalue weighted by Crippen LogP contribution is 2.24. The monoisotopic (exact) mass is 239 g/mol. The van der Waals surface area contributed by atoms with Crippen LogP contribution in [-0.4, -0.2) is 34.5 Å². The second-order valence-corrected chi connectivity index (χ2v) is 4.99. The summed E-state index contributed by atoms with van der Waals surface area (Å²) < 4.78 is 0. The van der Waals surface area contributed by atoms with Gasteiger partial charge in [-0.05, 0) is 18.8 Å². The Kier molecular flexibility index (Phi) is 5.19. The summed E-state index contributed by atoms with van der Waals surface area (Å²) in [6.45, 7) is 4.83. The fourth-order valence-electron chi connectivity index (χ4n) is 2.27. The van der Waals surface area contributed by atoms with Crippen LogP contribution in [0.1, 0.15) is 39.5 Å². The third-order valence-electron chi connectivity index (χ3n) is 2.98. The molecule has 1 aliphatic carbocycles. The SMILES string of the molecule is CC(C)CN(C(=O)C=CC(=O)O)C1CCCC1. The first-order valence-electron chi connectivity index (χ1n) is 6.22. The zero-order valence-corrected chi connectivity index (χ0v) is 10.6. The Morgan fingerprint density at radius 2 is 1.88 bits per heavy atom. The topological polar surface area (TPSA) is 57.6 Å². The number of aliphatic carboxylic acids is 1. The molecule has 17 heavy (non-hydrogen) atoms. The molecule has 96 valence electrons. The highest BCUT2D eigenvalue weighted by molar-refractivity contribution is 5.94. The molecule has 1 rings (SSSR count). The molecule has 1 aliphatic rings. The zero-order valence-electron chi connectivity index (χ0n) is 10.6. The van der Waals surface area contributed by atoms with Gasteiger partial charge in [-0.1, -0.05) is 26.7 Å². The number of carbonyl (C=O) groups excluding carboxylic acids is 1. The van der Waals surface area contributed by atoms with E-state index in [1.165, 1.54) is 6.08 Å². The quantitative estimate of drug-likeness (QED) is 0.747. The van der Waals surface area contributed by atoms with Crippen molar-refractivity contribution in [1.82, 2.24) is 4.90 Å². The Labute approximate surface area is 102 Å². The maximum atomic E-state index is 11.9. The minimum Gasteiger partial charge on any atom is -0.478 e. The third-order valence-corrected chi connectivity index (χ3v) is 2.98. The number of hydrogen-bond acceptors (Lipinski definition) is 2. The van der Waals surface area contributed by atoms with Gasteiger partial charge in [-0.15, -0.1) is 0 Å². The van der Waals surface area contributed by atoms with E-state index in [9.17, 15) is 9.59 Å². The normalized spacial score (nSPS) is 16.9. The highest BCUT2D eigenvalue weighted by Gasteiger charge is 2.25. The largest absolute Gasteiger partial charge is 0.478 e. The number of carboxylic acid groups (broad SMARTS) is 1. The molecule has 0 bridgehead atoms. The first-order chi connectivity index (χ1) is 8.00. The lowest BCUT2D eigenvalue weighted by atomic mass is 10.1. The molecular weight excluding hydrogens is 218 g/mol. The summed E-state index contributed by atoms with van der Waals surface area (Å²) >= 11 is 0. The Bertz CT molecular complexity index is 304. The minimum absolute atomic E-state index is 0.173. The van der Waals surface area contributed by atoms with Gasteiger partial charge in [0.2, 0.25) is 5.91 Å². The summed E-state index contributed by atoms with van der Waals surface area (Å²) in [6, 6.07) is 0.295. The van der Waals surface area contributed by atoms with Gasteiger partial charge < -0.3 is 10.0 Å². The highest BCUT2D eigenvalue weighted by atomic mass is 16.4. The average Bonchev–Trinajstić information content (AvgIpc) is 2.75. The second-order valence-electron chi connectivity index (χ2n) is 4.99. The fourth-order valence-corrected chi connectivity index (χ4v) is 2.27. The first-order valence-corrected chi connectivity index (χ1v) is 6.22. The summed E-state index contributed by atoms with van der Waals surface area (Å²) in [5, 5.41) is 8.53. The number of carbonyl (C=O) groups is 2. The van der Waals surface area contributed by atoms with Gasteiger partial charge in [0.25, 0.3) is 0 Å². The van der Waals surface area contributed by atoms with E-state index < -0.39 is 5.97 Å². The van der Waals surface area contributed by atoms with E-state index in [1.807, 2.05) is 4.90 Å². The molecule has 0 atom stereocenters. The van der Waals surface area contributed by atoms with E-state index in [-0.39, 0.29) is 5.91 Å². The second kappa shape index (κ2) is 6.42. The van der Waals surface area contributed by atoms with Gasteiger partial charge in [-0.3, -0.25) is 4.79 Å². The molecule has 1 saturated carbocycles. The lowest BCUT2D eigenvalue weighted by Gasteiger charge is -2.29. The van der Waals surface area contributed by atoms with Crippen molar-refractivity contribution in [2.45, 2.75) is 45.6 Å². The van der Waals surface area contributed by atoms with Crippen LogP contribution < -0.4 is 0 Å². The summed E-state index contributed by atoms with van der Waals surface area (Å²) in [5.74, 6) is -0.847. The van der Waals surface area contributed by atoms with E-state index in [2.05, 4.69) is 13.8 Å². The van der Waals surface area contributed by atoms with Crippen LogP contribution in [-0.2, 0) is 9.59 Å². The smallest absolute Gasteiger partial charge is 0.328 e. The van der Waals surface area contributed by atoms with Crippen LogP contribution in [0.25, 0.3) is 0 Å². The Morgan fingerprint density at radius 1 is 1.29 bits per heavy atom. The standard InChI is InChI=1S/C13H21NO3/c1-10(2)9-14(11-5-3-4-6-11)12(15)7-8-13(16)17/h7-8,10-11H,3-6,9H2,1-2H3,(H,16,17). The van der Waals surface area contributed by atoms with E-state index in [0.717, 1.165) is 31.8 Å². The van der Waals surface area contributed by atoms with Crippen LogP contribution in [0.4, 0.5) is 0 Å². The van der Waals surface area contributed by atoms with Crippen LogP contribution in [0.15, 0.2) is 12.2 Å². The third kappa shape index (κ3) is 4.59. The van der Waals surface area contributed by atoms with Gasteiger partial charge in [-0.25, -0.2) is 4.79 Å². The van der Waals surface area contributed by atoms with E-state index in [0.29, 0.717) is 18.5 Å². The molecule has 4 nitrogen and oxygen atoms in total. The molecule has 0 aromatic carbocycles. The number of amides is 1. The summed E-state index contributed by atoms with van der Waals surface area (Å²) in [4.78, 5) is 24.2. The molecule has 0 aliphatic heterocycles. The van der Waals surface area contributed by atoms with E-state index in [1.54, 1.807) is 0 Å². The lowest BCUT2D eigenvalue weighted by Crippen LogP contribution is -2.40. The van der Waals surface area contributed by atoms with Crippen molar-refractivity contribution >= 4 is 11.9 Å². The Morgan fingerprint density at radius 3 is 2.35 bits per heavy atom. The molecule has 0 heterocycles. The lowest BCUT2D eigenvalue weighted by molar-refractivity contribution is -0.133. The van der Waals surface area contributed by atoms with Crippen molar-refractivity contribution in [2.75, 3.05) is 6.54 Å². The summed E-state index contributed by atoms with van der Waals surface area (Å²) in [7, 11) is 0. The van der Waals surface area contributed by atoms with Crippen molar-refractivity contribution in [3.8, 4) is 0 Å².